The average Bonchev–Trinajstić information content (AvgIpc) is 2.70. The fraction of sp³-hybridized carbons (Fsp3) is 0.429. The third kappa shape index (κ3) is 6.77. The predicted octanol–water partition coefficient (Wildman–Crippen LogP) is 4.14. The Labute approximate surface area is 185 Å². The number of hydrogen-bond acceptors (Lipinski definition) is 5. The molecular formula is C21H30Cl2N4O2. The molecule has 2 aromatic rings. The van der Waals surface area contributed by atoms with E-state index in [1.807, 2.05) is 55.3 Å². The van der Waals surface area contributed by atoms with E-state index in [9.17, 15) is 4.79 Å². The lowest BCUT2D eigenvalue weighted by molar-refractivity contribution is 0.0675. The molecule has 3 rings (SSSR count). The van der Waals surface area contributed by atoms with Crippen molar-refractivity contribution < 1.29 is 9.53 Å². The van der Waals surface area contributed by atoms with E-state index in [-0.39, 0.29) is 30.7 Å². The van der Waals surface area contributed by atoms with Gasteiger partial charge in [0.1, 0.15) is 11.6 Å². The normalized spacial score (nSPS) is 15.7. The third-order valence-corrected chi connectivity index (χ3v) is 4.77. The lowest BCUT2D eigenvalue weighted by atomic mass is 9.97. The minimum absolute atomic E-state index is 0. The number of pyridine rings is 1. The van der Waals surface area contributed by atoms with Crippen molar-refractivity contribution in [2.45, 2.75) is 19.8 Å². The zero-order valence-corrected chi connectivity index (χ0v) is 18.5. The Bertz CT molecular complexity index is 757. The van der Waals surface area contributed by atoms with Gasteiger partial charge in [0.25, 0.3) is 5.91 Å². The number of aromatic nitrogens is 1. The van der Waals surface area contributed by atoms with Gasteiger partial charge in [-0.3, -0.25) is 4.79 Å². The van der Waals surface area contributed by atoms with Crippen LogP contribution in [0.5, 0.6) is 5.75 Å². The Kier molecular flexibility index (Phi) is 10.8. The van der Waals surface area contributed by atoms with Crippen molar-refractivity contribution in [1.82, 2.24) is 15.2 Å². The summed E-state index contributed by atoms with van der Waals surface area (Å²) in [5.41, 5.74) is 1.48. The summed E-state index contributed by atoms with van der Waals surface area (Å²) in [6.45, 7) is 5.12. The molecule has 1 saturated heterocycles. The minimum atomic E-state index is 0. The molecular weight excluding hydrogens is 411 g/mol. The van der Waals surface area contributed by atoms with Crippen LogP contribution in [-0.4, -0.2) is 49.1 Å². The van der Waals surface area contributed by atoms with Crippen molar-refractivity contribution in [2.24, 2.45) is 5.92 Å². The Balaban J connectivity index is 0.00000210. The lowest BCUT2D eigenvalue weighted by Crippen LogP contribution is -2.42. The fourth-order valence-corrected chi connectivity index (χ4v) is 3.49. The number of carbonyl (C=O) groups excluding carboxylic acids is 1. The quantitative estimate of drug-likeness (QED) is 0.676. The maximum atomic E-state index is 13.1. The number of hydrogen-bond donors (Lipinski definition) is 2. The molecule has 0 radical (unpaired) electrons. The van der Waals surface area contributed by atoms with Gasteiger partial charge < -0.3 is 20.3 Å². The molecule has 2 N–H and O–H groups in total. The molecule has 2 heterocycles. The second kappa shape index (κ2) is 12.5. The van der Waals surface area contributed by atoms with Crippen LogP contribution in [-0.2, 0) is 0 Å². The smallest absolute Gasteiger partial charge is 0.257 e. The van der Waals surface area contributed by atoms with Gasteiger partial charge in [-0.1, -0.05) is 0 Å². The highest BCUT2D eigenvalue weighted by atomic mass is 35.5. The summed E-state index contributed by atoms with van der Waals surface area (Å²) < 4.78 is 5.47. The van der Waals surface area contributed by atoms with Crippen molar-refractivity contribution in [3.05, 3.63) is 48.2 Å². The topological polar surface area (TPSA) is 66.5 Å². The summed E-state index contributed by atoms with van der Waals surface area (Å²) in [5, 5.41) is 6.49. The molecule has 1 aromatic heterocycles. The molecule has 1 aliphatic heterocycles. The van der Waals surface area contributed by atoms with Crippen LogP contribution < -0.4 is 15.4 Å². The number of benzene rings is 1. The van der Waals surface area contributed by atoms with Crippen LogP contribution in [0.4, 0.5) is 11.5 Å². The third-order valence-electron chi connectivity index (χ3n) is 4.77. The summed E-state index contributed by atoms with van der Waals surface area (Å²) >= 11 is 0. The number of nitrogens with zero attached hydrogens (tertiary/aromatic N) is 2. The van der Waals surface area contributed by atoms with Gasteiger partial charge in [0, 0.05) is 25.0 Å². The van der Waals surface area contributed by atoms with E-state index in [1.54, 1.807) is 6.20 Å². The first-order valence-electron chi connectivity index (χ1n) is 9.60. The second-order valence-corrected chi connectivity index (χ2v) is 6.80. The summed E-state index contributed by atoms with van der Waals surface area (Å²) in [6.07, 6.45) is 3.91. The first-order valence-corrected chi connectivity index (χ1v) is 9.60. The van der Waals surface area contributed by atoms with E-state index in [2.05, 4.69) is 15.6 Å². The highest BCUT2D eigenvalue weighted by Gasteiger charge is 2.25. The summed E-state index contributed by atoms with van der Waals surface area (Å²) in [5.74, 6) is 1.95. The fourth-order valence-electron chi connectivity index (χ4n) is 3.49. The number of ether oxygens (including phenoxy) is 1. The number of halogens is 2. The molecule has 0 saturated carbocycles. The van der Waals surface area contributed by atoms with E-state index in [1.165, 1.54) is 0 Å². The van der Waals surface area contributed by atoms with Gasteiger partial charge in [0.2, 0.25) is 0 Å². The molecule has 6 nitrogen and oxygen atoms in total. The highest BCUT2D eigenvalue weighted by molar-refractivity contribution is 5.99. The van der Waals surface area contributed by atoms with Crippen LogP contribution in [0.3, 0.4) is 0 Å². The molecule has 1 fully saturated rings. The van der Waals surface area contributed by atoms with Crippen LogP contribution >= 0.6 is 24.8 Å². The Morgan fingerprint density at radius 2 is 2.00 bits per heavy atom. The zero-order chi connectivity index (χ0) is 19.1. The number of rotatable bonds is 7. The van der Waals surface area contributed by atoms with E-state index in [0.717, 1.165) is 43.9 Å². The molecule has 160 valence electrons. The summed E-state index contributed by atoms with van der Waals surface area (Å²) in [4.78, 5) is 19.5. The van der Waals surface area contributed by atoms with Crippen LogP contribution in [0.15, 0.2) is 42.6 Å². The van der Waals surface area contributed by atoms with E-state index >= 15 is 0 Å². The van der Waals surface area contributed by atoms with E-state index in [0.29, 0.717) is 23.9 Å². The largest absolute Gasteiger partial charge is 0.494 e. The number of anilines is 2. The van der Waals surface area contributed by atoms with Gasteiger partial charge in [0.15, 0.2) is 0 Å². The van der Waals surface area contributed by atoms with Gasteiger partial charge in [-0.2, -0.15) is 0 Å². The number of carbonyl (C=O) groups is 1. The first kappa shape index (κ1) is 25.0. The maximum absolute atomic E-state index is 13.1. The molecule has 1 aliphatic rings. The number of amides is 1. The molecule has 1 unspecified atom stereocenters. The summed E-state index contributed by atoms with van der Waals surface area (Å²) in [7, 11) is 1.96. The van der Waals surface area contributed by atoms with Crippen LogP contribution in [0, 0.1) is 5.92 Å². The number of likely N-dealkylation sites (tertiary alicyclic amines) is 1. The van der Waals surface area contributed by atoms with E-state index < -0.39 is 0 Å². The van der Waals surface area contributed by atoms with Gasteiger partial charge >= 0.3 is 0 Å². The van der Waals surface area contributed by atoms with Crippen molar-refractivity contribution in [3.63, 3.8) is 0 Å². The van der Waals surface area contributed by atoms with Gasteiger partial charge in [-0.25, -0.2) is 4.98 Å². The lowest BCUT2D eigenvalue weighted by Gasteiger charge is -2.33. The zero-order valence-electron chi connectivity index (χ0n) is 16.9. The Morgan fingerprint density at radius 1 is 1.24 bits per heavy atom. The van der Waals surface area contributed by atoms with Gasteiger partial charge in [0.05, 0.1) is 12.2 Å². The minimum Gasteiger partial charge on any atom is -0.494 e. The standard InChI is InChI=1S/C21H28N4O2.2ClH/c1-3-27-18-10-8-17(9-11-18)24-20-19(7-4-12-23-20)21(26)25-13-5-6-16(15-25)14-22-2;;/h4,7-12,16,22H,3,5-6,13-15H2,1-2H3,(H,23,24);2*1H. The number of piperidine rings is 1. The molecule has 1 amide bonds. The predicted molar refractivity (Wildman–Crippen MR) is 122 cm³/mol. The van der Waals surface area contributed by atoms with Gasteiger partial charge in [-0.05, 0) is 75.7 Å². The molecule has 0 bridgehead atoms. The Morgan fingerprint density at radius 3 is 2.69 bits per heavy atom. The van der Waals surface area contributed by atoms with Gasteiger partial charge in [-0.15, -0.1) is 24.8 Å². The monoisotopic (exact) mass is 440 g/mol. The van der Waals surface area contributed by atoms with Crippen molar-refractivity contribution in [1.29, 1.82) is 0 Å². The molecule has 8 heteroatoms. The first-order chi connectivity index (χ1) is 13.2. The molecule has 0 spiro atoms. The van der Waals surface area contributed by atoms with Crippen molar-refractivity contribution in [2.75, 3.05) is 38.6 Å². The van der Waals surface area contributed by atoms with Crippen LogP contribution in [0.1, 0.15) is 30.1 Å². The van der Waals surface area contributed by atoms with Crippen LogP contribution in [0.25, 0.3) is 0 Å². The molecule has 29 heavy (non-hydrogen) atoms. The highest BCUT2D eigenvalue weighted by Crippen LogP contribution is 2.24. The van der Waals surface area contributed by atoms with Crippen molar-refractivity contribution in [3.8, 4) is 5.75 Å². The van der Waals surface area contributed by atoms with Crippen LogP contribution in [0.2, 0.25) is 0 Å². The SMILES string of the molecule is CCOc1ccc(Nc2ncccc2C(=O)N2CCCC(CNC)C2)cc1.Cl.Cl. The average molecular weight is 441 g/mol. The van der Waals surface area contributed by atoms with E-state index in [4.69, 9.17) is 4.74 Å². The number of nitrogens with one attached hydrogen (secondary N) is 2. The summed E-state index contributed by atoms with van der Waals surface area (Å²) in [6, 6.07) is 11.3. The Hall–Kier alpha value is -2.02. The molecule has 1 aromatic carbocycles. The van der Waals surface area contributed by atoms with Crippen molar-refractivity contribution >= 4 is 42.2 Å². The molecule has 0 aliphatic carbocycles. The maximum Gasteiger partial charge on any atom is 0.257 e. The second-order valence-electron chi connectivity index (χ2n) is 6.80. The molecule has 1 atom stereocenters.